The Labute approximate surface area is 233 Å². The van der Waals surface area contributed by atoms with Gasteiger partial charge in [-0.05, 0) is 67.9 Å². The highest BCUT2D eigenvalue weighted by atomic mass is 16.5. The maximum absolute atomic E-state index is 13.7. The summed E-state index contributed by atoms with van der Waals surface area (Å²) in [6.07, 6.45) is 0.409. The van der Waals surface area contributed by atoms with Crippen LogP contribution in [-0.2, 0) is 0 Å². The molecule has 1 amide bonds. The lowest BCUT2D eigenvalue weighted by Crippen LogP contribution is -2.27. The van der Waals surface area contributed by atoms with Crippen LogP contribution < -0.4 is 14.2 Å². The van der Waals surface area contributed by atoms with E-state index in [1.54, 1.807) is 50.6 Å². The molecule has 0 aliphatic carbocycles. The number of ether oxygens (including phenoxy) is 3. The molecule has 0 radical (unpaired) electrons. The van der Waals surface area contributed by atoms with Crippen LogP contribution in [0.2, 0.25) is 0 Å². The Hall–Kier alpha value is -4.91. The normalized spacial score (nSPS) is 14.4. The number of para-hydroxylation sites is 1. The van der Waals surface area contributed by atoms with Crippen LogP contribution in [0, 0.1) is 13.8 Å². The molecule has 0 aromatic heterocycles. The lowest BCUT2D eigenvalue weighted by Gasteiger charge is -2.23. The summed E-state index contributed by atoms with van der Waals surface area (Å²) in [4.78, 5) is 26.7. The van der Waals surface area contributed by atoms with Crippen LogP contribution in [0.25, 0.3) is 0 Å². The maximum Gasteiger partial charge on any atom is 0.343 e. The summed E-state index contributed by atoms with van der Waals surface area (Å²) < 4.78 is 16.8. The van der Waals surface area contributed by atoms with Crippen LogP contribution in [0.5, 0.6) is 17.2 Å². The molecule has 0 spiro atoms. The van der Waals surface area contributed by atoms with E-state index in [1.807, 2.05) is 68.4 Å². The third kappa shape index (κ3) is 5.45. The topological polar surface area (TPSA) is 77.4 Å². The number of carbonyl (C=O) groups is 2. The molecule has 40 heavy (non-hydrogen) atoms. The Morgan fingerprint density at radius 3 is 2.02 bits per heavy atom. The van der Waals surface area contributed by atoms with Gasteiger partial charge in [0.2, 0.25) is 0 Å². The van der Waals surface area contributed by atoms with Gasteiger partial charge < -0.3 is 14.2 Å². The minimum absolute atomic E-state index is 0.232. The highest BCUT2D eigenvalue weighted by molar-refractivity contribution is 6.07. The number of amides is 1. The van der Waals surface area contributed by atoms with Gasteiger partial charge in [0.05, 0.1) is 31.5 Å². The second-order valence-corrected chi connectivity index (χ2v) is 9.65. The Morgan fingerprint density at radius 2 is 1.38 bits per heavy atom. The number of methoxy groups -OCH3 is 2. The first-order valence-corrected chi connectivity index (χ1v) is 13.0. The quantitative estimate of drug-likeness (QED) is 0.199. The summed E-state index contributed by atoms with van der Waals surface area (Å²) in [5, 5.41) is 6.30. The van der Waals surface area contributed by atoms with E-state index < -0.39 is 12.0 Å². The molecule has 0 unspecified atom stereocenters. The SMILES string of the molecule is COc1ccc([C@@H]2CC(c3ccccc3OC(=O)c3ccc(C)cc3)=NN2C(=O)c2ccc(C)cc2)cc1OC. The van der Waals surface area contributed by atoms with Crippen molar-refractivity contribution in [1.82, 2.24) is 5.01 Å². The van der Waals surface area contributed by atoms with Crippen LogP contribution in [0.1, 0.15) is 55.4 Å². The molecule has 4 aromatic rings. The van der Waals surface area contributed by atoms with E-state index in [4.69, 9.17) is 19.3 Å². The van der Waals surface area contributed by atoms with E-state index in [0.29, 0.717) is 46.1 Å². The molecule has 0 saturated heterocycles. The Morgan fingerprint density at radius 1 is 0.750 bits per heavy atom. The predicted octanol–water partition coefficient (Wildman–Crippen LogP) is 6.53. The van der Waals surface area contributed by atoms with Crippen molar-refractivity contribution in [3.8, 4) is 17.2 Å². The van der Waals surface area contributed by atoms with Gasteiger partial charge in [0.1, 0.15) is 5.75 Å². The van der Waals surface area contributed by atoms with Gasteiger partial charge in [-0.15, -0.1) is 0 Å². The molecule has 0 fully saturated rings. The zero-order valence-electron chi connectivity index (χ0n) is 22.9. The van der Waals surface area contributed by atoms with Gasteiger partial charge in [-0.3, -0.25) is 4.79 Å². The summed E-state index contributed by atoms with van der Waals surface area (Å²) in [5.41, 5.74) is 5.21. The standard InChI is InChI=1S/C33H30N2O5/c1-21-9-13-23(14-10-21)32(36)35-28(25-17-18-30(38-3)31(19-25)39-4)20-27(34-35)26-7-5-6-8-29(26)40-33(37)24-15-11-22(2)12-16-24/h5-19,28H,20H2,1-4H3/t28-/m0/s1. The minimum atomic E-state index is -0.463. The summed E-state index contributed by atoms with van der Waals surface area (Å²) >= 11 is 0. The second-order valence-electron chi connectivity index (χ2n) is 9.65. The molecule has 4 aromatic carbocycles. The van der Waals surface area contributed by atoms with Crippen molar-refractivity contribution in [3.05, 3.63) is 124 Å². The van der Waals surface area contributed by atoms with E-state index in [-0.39, 0.29) is 5.91 Å². The molecule has 0 bridgehead atoms. The van der Waals surface area contributed by atoms with Crippen molar-refractivity contribution in [3.63, 3.8) is 0 Å². The molecule has 0 saturated carbocycles. The average molecular weight is 535 g/mol. The van der Waals surface area contributed by atoms with E-state index in [2.05, 4.69) is 0 Å². The van der Waals surface area contributed by atoms with Crippen molar-refractivity contribution >= 4 is 17.6 Å². The first kappa shape index (κ1) is 26.7. The Balaban J connectivity index is 1.52. The number of benzene rings is 4. The minimum Gasteiger partial charge on any atom is -0.493 e. The van der Waals surface area contributed by atoms with Crippen LogP contribution >= 0.6 is 0 Å². The second kappa shape index (κ2) is 11.5. The summed E-state index contributed by atoms with van der Waals surface area (Å²) in [6, 6.07) is 27.0. The lowest BCUT2D eigenvalue weighted by molar-refractivity contribution is 0.0708. The largest absolute Gasteiger partial charge is 0.493 e. The number of hydrazone groups is 1. The molecular formula is C33H30N2O5. The molecule has 0 N–H and O–H groups in total. The number of aryl methyl sites for hydroxylation is 2. The molecule has 1 aliphatic rings. The molecule has 5 rings (SSSR count). The summed E-state index contributed by atoms with van der Waals surface area (Å²) in [6.45, 7) is 3.93. The molecule has 1 atom stereocenters. The Bertz CT molecular complexity index is 1580. The van der Waals surface area contributed by atoms with Gasteiger partial charge in [0.25, 0.3) is 5.91 Å². The number of nitrogens with zero attached hydrogens (tertiary/aromatic N) is 2. The summed E-state index contributed by atoms with van der Waals surface area (Å²) in [5.74, 6) is 0.834. The highest BCUT2D eigenvalue weighted by Gasteiger charge is 2.35. The van der Waals surface area contributed by atoms with Crippen LogP contribution in [-0.4, -0.2) is 36.8 Å². The molecule has 7 heteroatoms. The first-order chi connectivity index (χ1) is 19.4. The number of hydrogen-bond acceptors (Lipinski definition) is 6. The van der Waals surface area contributed by atoms with Crippen LogP contribution in [0.15, 0.2) is 96.1 Å². The number of rotatable bonds is 7. The van der Waals surface area contributed by atoms with Crippen molar-refractivity contribution in [2.45, 2.75) is 26.3 Å². The predicted molar refractivity (Wildman–Crippen MR) is 153 cm³/mol. The third-order valence-electron chi connectivity index (χ3n) is 6.90. The number of carbonyl (C=O) groups excluding carboxylic acids is 2. The lowest BCUT2D eigenvalue weighted by atomic mass is 9.97. The highest BCUT2D eigenvalue weighted by Crippen LogP contribution is 2.39. The number of esters is 1. The summed E-state index contributed by atoms with van der Waals surface area (Å²) in [7, 11) is 3.16. The fourth-order valence-electron chi connectivity index (χ4n) is 4.65. The van der Waals surface area contributed by atoms with Gasteiger partial charge in [0, 0.05) is 17.5 Å². The van der Waals surface area contributed by atoms with Crippen molar-refractivity contribution in [2.24, 2.45) is 5.10 Å². The fourth-order valence-corrected chi connectivity index (χ4v) is 4.65. The third-order valence-corrected chi connectivity index (χ3v) is 6.90. The molecule has 202 valence electrons. The zero-order valence-corrected chi connectivity index (χ0v) is 22.9. The first-order valence-electron chi connectivity index (χ1n) is 13.0. The van der Waals surface area contributed by atoms with E-state index >= 15 is 0 Å². The van der Waals surface area contributed by atoms with Crippen molar-refractivity contribution < 1.29 is 23.8 Å². The van der Waals surface area contributed by atoms with Gasteiger partial charge in [-0.2, -0.15) is 5.10 Å². The molecular weight excluding hydrogens is 504 g/mol. The average Bonchev–Trinajstić information content (AvgIpc) is 3.42. The van der Waals surface area contributed by atoms with Gasteiger partial charge in [0.15, 0.2) is 11.5 Å². The zero-order chi connectivity index (χ0) is 28.2. The van der Waals surface area contributed by atoms with E-state index in [0.717, 1.165) is 16.7 Å². The van der Waals surface area contributed by atoms with Crippen molar-refractivity contribution in [2.75, 3.05) is 14.2 Å². The molecule has 1 aliphatic heterocycles. The molecule has 7 nitrogen and oxygen atoms in total. The van der Waals surface area contributed by atoms with Gasteiger partial charge in [-0.1, -0.05) is 53.6 Å². The Kier molecular flexibility index (Phi) is 7.64. The van der Waals surface area contributed by atoms with Crippen molar-refractivity contribution in [1.29, 1.82) is 0 Å². The maximum atomic E-state index is 13.7. The smallest absolute Gasteiger partial charge is 0.343 e. The fraction of sp³-hybridized carbons (Fsp3) is 0.182. The molecule has 1 heterocycles. The number of hydrogen-bond donors (Lipinski definition) is 0. The van der Waals surface area contributed by atoms with Crippen LogP contribution in [0.4, 0.5) is 0 Å². The van der Waals surface area contributed by atoms with E-state index in [1.165, 1.54) is 5.01 Å². The van der Waals surface area contributed by atoms with E-state index in [9.17, 15) is 9.59 Å². The van der Waals surface area contributed by atoms with Gasteiger partial charge in [-0.25, -0.2) is 9.80 Å². The van der Waals surface area contributed by atoms with Gasteiger partial charge >= 0.3 is 5.97 Å². The van der Waals surface area contributed by atoms with Crippen LogP contribution in [0.3, 0.4) is 0 Å². The monoisotopic (exact) mass is 534 g/mol.